The molecule has 9 heteroatoms. The maximum Gasteiger partial charge on any atom is 0.289 e. The van der Waals surface area contributed by atoms with Crippen LogP contribution in [0.4, 0.5) is 11.4 Å². The summed E-state index contributed by atoms with van der Waals surface area (Å²) >= 11 is 5.71. The van der Waals surface area contributed by atoms with Gasteiger partial charge in [-0.3, -0.25) is 19.7 Å². The molecule has 130 valence electrons. The van der Waals surface area contributed by atoms with Crippen LogP contribution < -0.4 is 15.8 Å². The average Bonchev–Trinajstić information content (AvgIpc) is 2.54. The number of benzene rings is 2. The number of primary amides is 1. The molecule has 0 saturated carbocycles. The standard InChI is InChI=1S/C16H14ClN3O5/c1-9-2-4-11(16(18)22)14(6-9)25-8-15(21)19-10-3-5-12(17)13(7-10)20(23)24/h2-7H,8H2,1H3,(H2,18,22)(H,19,21). The van der Waals surface area contributed by atoms with Gasteiger partial charge >= 0.3 is 0 Å². The molecule has 0 aliphatic rings. The zero-order chi connectivity index (χ0) is 18.6. The fourth-order valence-electron chi connectivity index (χ4n) is 2.02. The quantitative estimate of drug-likeness (QED) is 0.603. The largest absolute Gasteiger partial charge is 0.483 e. The summed E-state index contributed by atoms with van der Waals surface area (Å²) in [5.74, 6) is -1.05. The normalized spacial score (nSPS) is 10.2. The van der Waals surface area contributed by atoms with Gasteiger partial charge in [-0.25, -0.2) is 0 Å². The first-order valence-electron chi connectivity index (χ1n) is 7.05. The van der Waals surface area contributed by atoms with E-state index in [0.29, 0.717) is 0 Å². The van der Waals surface area contributed by atoms with Gasteiger partial charge in [0.1, 0.15) is 10.8 Å². The van der Waals surface area contributed by atoms with E-state index in [9.17, 15) is 19.7 Å². The van der Waals surface area contributed by atoms with Crippen molar-refractivity contribution in [2.24, 2.45) is 5.73 Å². The SMILES string of the molecule is Cc1ccc(C(N)=O)c(OCC(=O)Nc2ccc(Cl)c([N+](=O)[O-])c2)c1. The first kappa shape index (κ1) is 18.2. The third-order valence-electron chi connectivity index (χ3n) is 3.19. The number of hydrogen-bond acceptors (Lipinski definition) is 5. The molecule has 0 fully saturated rings. The minimum atomic E-state index is -0.677. The first-order chi connectivity index (χ1) is 11.8. The van der Waals surface area contributed by atoms with Crippen LogP contribution in [-0.4, -0.2) is 23.3 Å². The van der Waals surface area contributed by atoms with Crippen LogP contribution in [0.15, 0.2) is 36.4 Å². The highest BCUT2D eigenvalue weighted by Gasteiger charge is 2.15. The van der Waals surface area contributed by atoms with Crippen molar-refractivity contribution in [1.82, 2.24) is 0 Å². The summed E-state index contributed by atoms with van der Waals surface area (Å²) in [5.41, 5.74) is 6.11. The number of amides is 2. The third-order valence-corrected chi connectivity index (χ3v) is 3.51. The zero-order valence-electron chi connectivity index (χ0n) is 13.1. The number of hydrogen-bond donors (Lipinski definition) is 2. The van der Waals surface area contributed by atoms with Gasteiger partial charge in [-0.15, -0.1) is 0 Å². The predicted octanol–water partition coefficient (Wildman–Crippen LogP) is 2.67. The maximum absolute atomic E-state index is 12.0. The highest BCUT2D eigenvalue weighted by Crippen LogP contribution is 2.27. The fourth-order valence-corrected chi connectivity index (χ4v) is 2.21. The van der Waals surface area contributed by atoms with E-state index in [4.69, 9.17) is 22.1 Å². The van der Waals surface area contributed by atoms with Crippen molar-refractivity contribution in [3.05, 3.63) is 62.7 Å². The van der Waals surface area contributed by atoms with Crippen molar-refractivity contribution in [2.75, 3.05) is 11.9 Å². The van der Waals surface area contributed by atoms with Crippen LogP contribution in [0.2, 0.25) is 5.02 Å². The Balaban J connectivity index is 2.07. The highest BCUT2D eigenvalue weighted by atomic mass is 35.5. The summed E-state index contributed by atoms with van der Waals surface area (Å²) < 4.78 is 5.34. The molecule has 25 heavy (non-hydrogen) atoms. The Morgan fingerprint density at radius 2 is 2.00 bits per heavy atom. The Labute approximate surface area is 147 Å². The van der Waals surface area contributed by atoms with Crippen LogP contribution in [0.25, 0.3) is 0 Å². The number of carbonyl (C=O) groups is 2. The molecule has 0 unspecified atom stereocenters. The second kappa shape index (κ2) is 7.63. The number of nitrogens with two attached hydrogens (primary N) is 1. The molecular formula is C16H14ClN3O5. The molecule has 2 aromatic carbocycles. The number of aryl methyl sites for hydroxylation is 1. The first-order valence-corrected chi connectivity index (χ1v) is 7.43. The molecule has 0 saturated heterocycles. The van der Waals surface area contributed by atoms with E-state index in [2.05, 4.69) is 5.32 Å². The van der Waals surface area contributed by atoms with Crippen molar-refractivity contribution in [1.29, 1.82) is 0 Å². The molecule has 0 bridgehead atoms. The van der Waals surface area contributed by atoms with Gasteiger partial charge in [0.25, 0.3) is 17.5 Å². The third kappa shape index (κ3) is 4.67. The van der Waals surface area contributed by atoms with Crippen LogP contribution in [0.3, 0.4) is 0 Å². The number of ether oxygens (including phenoxy) is 1. The van der Waals surface area contributed by atoms with Gasteiger partial charge in [0.05, 0.1) is 10.5 Å². The number of anilines is 1. The lowest BCUT2D eigenvalue weighted by Gasteiger charge is -2.11. The van der Waals surface area contributed by atoms with Crippen LogP contribution >= 0.6 is 11.6 Å². The number of carbonyl (C=O) groups excluding carboxylic acids is 2. The van der Waals surface area contributed by atoms with Crippen LogP contribution in [0.1, 0.15) is 15.9 Å². The molecule has 3 N–H and O–H groups in total. The van der Waals surface area contributed by atoms with E-state index < -0.39 is 23.3 Å². The molecule has 0 heterocycles. The van der Waals surface area contributed by atoms with E-state index in [1.54, 1.807) is 19.1 Å². The highest BCUT2D eigenvalue weighted by molar-refractivity contribution is 6.32. The molecule has 8 nitrogen and oxygen atoms in total. The van der Waals surface area contributed by atoms with E-state index in [1.807, 2.05) is 0 Å². The van der Waals surface area contributed by atoms with E-state index >= 15 is 0 Å². The van der Waals surface area contributed by atoms with Crippen LogP contribution in [-0.2, 0) is 4.79 Å². The van der Waals surface area contributed by atoms with Gasteiger partial charge in [-0.1, -0.05) is 17.7 Å². The molecular weight excluding hydrogens is 350 g/mol. The van der Waals surface area contributed by atoms with Gasteiger partial charge in [-0.05, 0) is 36.8 Å². The molecule has 2 rings (SSSR count). The summed E-state index contributed by atoms with van der Waals surface area (Å²) in [6.07, 6.45) is 0. The summed E-state index contributed by atoms with van der Waals surface area (Å²) in [5, 5.41) is 13.3. The summed E-state index contributed by atoms with van der Waals surface area (Å²) in [6.45, 7) is 1.39. The number of rotatable bonds is 6. The minimum absolute atomic E-state index is 0.0369. The summed E-state index contributed by atoms with van der Waals surface area (Å²) in [6, 6.07) is 8.66. The summed E-state index contributed by atoms with van der Waals surface area (Å²) in [4.78, 5) is 33.5. The van der Waals surface area contributed by atoms with E-state index in [0.717, 1.165) is 11.6 Å². The minimum Gasteiger partial charge on any atom is -0.483 e. The smallest absolute Gasteiger partial charge is 0.289 e. The van der Waals surface area contributed by atoms with Gasteiger partial charge < -0.3 is 15.8 Å². The van der Waals surface area contributed by atoms with Gasteiger partial charge in [0, 0.05) is 11.8 Å². The lowest BCUT2D eigenvalue weighted by molar-refractivity contribution is -0.384. The molecule has 0 aliphatic heterocycles. The van der Waals surface area contributed by atoms with E-state index in [1.165, 1.54) is 18.2 Å². The Morgan fingerprint density at radius 3 is 2.64 bits per heavy atom. The number of nitro benzene ring substituents is 1. The molecule has 2 aromatic rings. The second-order valence-electron chi connectivity index (χ2n) is 5.12. The van der Waals surface area contributed by atoms with Gasteiger partial charge in [-0.2, -0.15) is 0 Å². The van der Waals surface area contributed by atoms with Crippen LogP contribution in [0, 0.1) is 17.0 Å². The second-order valence-corrected chi connectivity index (χ2v) is 5.53. The molecule has 2 amide bonds. The number of nitrogens with zero attached hydrogens (tertiary/aromatic N) is 1. The summed E-state index contributed by atoms with van der Waals surface area (Å²) in [7, 11) is 0. The lowest BCUT2D eigenvalue weighted by atomic mass is 10.1. The monoisotopic (exact) mass is 363 g/mol. The molecule has 0 spiro atoms. The lowest BCUT2D eigenvalue weighted by Crippen LogP contribution is -2.21. The van der Waals surface area contributed by atoms with Crippen molar-refractivity contribution < 1.29 is 19.2 Å². The topological polar surface area (TPSA) is 125 Å². The van der Waals surface area contributed by atoms with Crippen molar-refractivity contribution in [3.63, 3.8) is 0 Å². The molecule has 0 atom stereocenters. The van der Waals surface area contributed by atoms with E-state index in [-0.39, 0.29) is 27.7 Å². The Kier molecular flexibility index (Phi) is 5.56. The van der Waals surface area contributed by atoms with Crippen LogP contribution in [0.5, 0.6) is 5.75 Å². The average molecular weight is 364 g/mol. The Bertz CT molecular complexity index is 854. The molecule has 0 radical (unpaired) electrons. The zero-order valence-corrected chi connectivity index (χ0v) is 13.9. The Hall–Kier alpha value is -3.13. The molecule has 0 aromatic heterocycles. The van der Waals surface area contributed by atoms with Gasteiger partial charge in [0.15, 0.2) is 6.61 Å². The Morgan fingerprint density at radius 1 is 1.28 bits per heavy atom. The fraction of sp³-hybridized carbons (Fsp3) is 0.125. The van der Waals surface area contributed by atoms with Crippen molar-refractivity contribution in [3.8, 4) is 5.75 Å². The number of nitrogens with one attached hydrogen (secondary N) is 1. The maximum atomic E-state index is 12.0. The molecule has 0 aliphatic carbocycles. The number of nitro groups is 1. The number of halogens is 1. The predicted molar refractivity (Wildman–Crippen MR) is 91.9 cm³/mol. The van der Waals surface area contributed by atoms with Gasteiger partial charge in [0.2, 0.25) is 0 Å². The van der Waals surface area contributed by atoms with Crippen molar-refractivity contribution in [2.45, 2.75) is 6.92 Å². The van der Waals surface area contributed by atoms with Crippen molar-refractivity contribution >= 4 is 34.8 Å².